The molecule has 26 heavy (non-hydrogen) atoms. The fourth-order valence-electron chi connectivity index (χ4n) is 3.49. The lowest BCUT2D eigenvalue weighted by Crippen LogP contribution is -2.38. The van der Waals surface area contributed by atoms with Crippen molar-refractivity contribution >= 4 is 29.7 Å². The Kier molecular flexibility index (Phi) is 7.21. The van der Waals surface area contributed by atoms with Crippen LogP contribution in [-0.2, 0) is 4.79 Å². The number of carbonyl (C=O) groups excluding carboxylic acids is 1. The predicted molar refractivity (Wildman–Crippen MR) is 111 cm³/mol. The summed E-state index contributed by atoms with van der Waals surface area (Å²) in [5.74, 6) is 0.184. The van der Waals surface area contributed by atoms with Crippen molar-refractivity contribution in [3.05, 3.63) is 40.4 Å². The van der Waals surface area contributed by atoms with Gasteiger partial charge in [0.05, 0.1) is 16.6 Å². The van der Waals surface area contributed by atoms with Crippen LogP contribution in [0.2, 0.25) is 0 Å². The van der Waals surface area contributed by atoms with Crippen LogP contribution >= 0.6 is 23.7 Å². The van der Waals surface area contributed by atoms with Gasteiger partial charge in [0, 0.05) is 17.5 Å². The minimum Gasteiger partial charge on any atom is -0.348 e. The topological polar surface area (TPSA) is 68.0 Å². The molecule has 3 rings (SSSR count). The zero-order valence-electron chi connectivity index (χ0n) is 15.6. The average molecular weight is 394 g/mol. The van der Waals surface area contributed by atoms with E-state index in [1.165, 1.54) is 5.56 Å². The van der Waals surface area contributed by atoms with Gasteiger partial charge in [0.1, 0.15) is 5.01 Å². The van der Waals surface area contributed by atoms with E-state index in [-0.39, 0.29) is 36.3 Å². The Labute approximate surface area is 166 Å². The number of nitrogens with zero attached hydrogens (tertiary/aromatic N) is 1. The summed E-state index contributed by atoms with van der Waals surface area (Å²) in [6.07, 6.45) is 3.83. The van der Waals surface area contributed by atoms with Gasteiger partial charge in [-0.3, -0.25) is 4.79 Å². The smallest absolute Gasteiger partial charge is 0.223 e. The van der Waals surface area contributed by atoms with Crippen LogP contribution in [0.1, 0.15) is 54.8 Å². The first kappa shape index (κ1) is 20.9. The number of aromatic nitrogens is 1. The van der Waals surface area contributed by atoms with Crippen molar-refractivity contribution in [3.8, 4) is 10.6 Å². The molecule has 1 fully saturated rings. The predicted octanol–water partition coefficient (Wildman–Crippen LogP) is 4.54. The number of nitrogens with two attached hydrogens (primary N) is 1. The zero-order chi connectivity index (χ0) is 18.0. The fourth-order valence-corrected chi connectivity index (χ4v) is 4.57. The Morgan fingerprint density at radius 3 is 2.62 bits per heavy atom. The maximum atomic E-state index is 12.6. The van der Waals surface area contributed by atoms with E-state index in [1.54, 1.807) is 11.3 Å². The van der Waals surface area contributed by atoms with Crippen LogP contribution in [0.25, 0.3) is 10.6 Å². The summed E-state index contributed by atoms with van der Waals surface area (Å²) in [4.78, 5) is 18.4. The van der Waals surface area contributed by atoms with Crippen LogP contribution < -0.4 is 11.1 Å². The summed E-state index contributed by atoms with van der Waals surface area (Å²) in [5, 5.41) is 4.18. The second-order valence-electron chi connectivity index (χ2n) is 7.19. The normalized spacial score (nSPS) is 20.9. The van der Waals surface area contributed by atoms with Crippen molar-refractivity contribution in [2.24, 2.45) is 11.7 Å². The highest BCUT2D eigenvalue weighted by atomic mass is 35.5. The molecule has 1 aliphatic rings. The number of carbonyl (C=O) groups is 1. The number of hydrogen-bond donors (Lipinski definition) is 2. The van der Waals surface area contributed by atoms with Gasteiger partial charge in [-0.25, -0.2) is 4.98 Å². The third kappa shape index (κ3) is 4.84. The molecule has 0 aliphatic heterocycles. The molecule has 3 unspecified atom stereocenters. The van der Waals surface area contributed by atoms with E-state index in [0.717, 1.165) is 46.8 Å². The number of halogens is 1. The first-order valence-corrected chi connectivity index (χ1v) is 9.86. The molecule has 0 bridgehead atoms. The second kappa shape index (κ2) is 8.98. The number of aryl methyl sites for hydroxylation is 2. The minimum atomic E-state index is -0.0256. The third-order valence-electron chi connectivity index (χ3n) is 4.97. The van der Waals surface area contributed by atoms with Gasteiger partial charge in [-0.15, -0.1) is 23.7 Å². The summed E-state index contributed by atoms with van der Waals surface area (Å²) in [6.45, 7) is 6.14. The van der Waals surface area contributed by atoms with E-state index < -0.39 is 0 Å². The lowest BCUT2D eigenvalue weighted by Gasteiger charge is -2.27. The van der Waals surface area contributed by atoms with Gasteiger partial charge in [-0.1, -0.05) is 36.2 Å². The molecule has 2 aromatic rings. The SMILES string of the molecule is Cc1ccc(-c2nc(C)c(C(C)NC(=O)C3CCCC(N)C3)s2)cc1.Cl. The van der Waals surface area contributed by atoms with Crippen molar-refractivity contribution in [3.63, 3.8) is 0 Å². The maximum absolute atomic E-state index is 12.6. The molecule has 0 radical (unpaired) electrons. The number of benzene rings is 1. The standard InChI is InChI=1S/C20H27N3OS.ClH/c1-12-7-9-15(10-8-12)20-23-14(3)18(25-20)13(2)22-19(24)16-5-4-6-17(21)11-16;/h7-10,13,16-17H,4-6,11,21H2,1-3H3,(H,22,24);1H. The van der Waals surface area contributed by atoms with E-state index in [4.69, 9.17) is 10.7 Å². The summed E-state index contributed by atoms with van der Waals surface area (Å²) >= 11 is 1.67. The molecule has 1 aromatic carbocycles. The second-order valence-corrected chi connectivity index (χ2v) is 8.22. The summed E-state index contributed by atoms with van der Waals surface area (Å²) < 4.78 is 0. The lowest BCUT2D eigenvalue weighted by molar-refractivity contribution is -0.126. The van der Waals surface area contributed by atoms with Gasteiger partial charge >= 0.3 is 0 Å². The molecule has 0 spiro atoms. The Hall–Kier alpha value is -1.43. The van der Waals surface area contributed by atoms with Gasteiger partial charge in [0.15, 0.2) is 0 Å². The number of nitrogens with one attached hydrogen (secondary N) is 1. The van der Waals surface area contributed by atoms with Gasteiger partial charge in [0.25, 0.3) is 0 Å². The van der Waals surface area contributed by atoms with Crippen LogP contribution in [0.4, 0.5) is 0 Å². The van der Waals surface area contributed by atoms with Crippen molar-refractivity contribution in [1.29, 1.82) is 0 Å². The van der Waals surface area contributed by atoms with Crippen molar-refractivity contribution < 1.29 is 4.79 Å². The molecule has 0 saturated heterocycles. The third-order valence-corrected chi connectivity index (χ3v) is 6.36. The first-order valence-electron chi connectivity index (χ1n) is 9.04. The van der Waals surface area contributed by atoms with E-state index in [0.29, 0.717) is 0 Å². The van der Waals surface area contributed by atoms with Crippen molar-refractivity contribution in [2.45, 2.75) is 58.5 Å². The maximum Gasteiger partial charge on any atom is 0.223 e. The largest absolute Gasteiger partial charge is 0.348 e. The van der Waals surface area contributed by atoms with Crippen LogP contribution in [0.5, 0.6) is 0 Å². The Bertz CT molecular complexity index is 744. The van der Waals surface area contributed by atoms with E-state index >= 15 is 0 Å². The monoisotopic (exact) mass is 393 g/mol. The summed E-state index contributed by atoms with van der Waals surface area (Å²) in [6, 6.07) is 8.54. The molecular weight excluding hydrogens is 366 g/mol. The zero-order valence-corrected chi connectivity index (χ0v) is 17.3. The highest BCUT2D eigenvalue weighted by Gasteiger charge is 2.27. The molecule has 1 aliphatic carbocycles. The minimum absolute atomic E-state index is 0. The van der Waals surface area contributed by atoms with Gasteiger partial charge in [-0.2, -0.15) is 0 Å². The van der Waals surface area contributed by atoms with Crippen LogP contribution in [0.3, 0.4) is 0 Å². The highest BCUT2D eigenvalue weighted by Crippen LogP contribution is 2.32. The molecule has 3 atom stereocenters. The highest BCUT2D eigenvalue weighted by molar-refractivity contribution is 7.15. The molecular formula is C20H28ClN3OS. The number of thiazole rings is 1. The Morgan fingerprint density at radius 1 is 1.27 bits per heavy atom. The Balaban J connectivity index is 0.00000243. The fraction of sp³-hybridized carbons (Fsp3) is 0.500. The molecule has 1 amide bonds. The van der Waals surface area contributed by atoms with Gasteiger partial charge in [0.2, 0.25) is 5.91 Å². The number of rotatable bonds is 4. The Morgan fingerprint density at radius 2 is 1.96 bits per heavy atom. The van der Waals surface area contributed by atoms with Gasteiger partial charge in [-0.05, 0) is 40.0 Å². The van der Waals surface area contributed by atoms with Crippen molar-refractivity contribution in [1.82, 2.24) is 10.3 Å². The van der Waals surface area contributed by atoms with Gasteiger partial charge < -0.3 is 11.1 Å². The summed E-state index contributed by atoms with van der Waals surface area (Å²) in [7, 11) is 0. The quantitative estimate of drug-likeness (QED) is 0.800. The van der Waals surface area contributed by atoms with Crippen molar-refractivity contribution in [2.75, 3.05) is 0 Å². The molecule has 1 aromatic heterocycles. The molecule has 6 heteroatoms. The number of hydrogen-bond acceptors (Lipinski definition) is 4. The van der Waals surface area contributed by atoms with E-state index in [2.05, 4.69) is 36.5 Å². The van der Waals surface area contributed by atoms with Crippen LogP contribution in [-0.4, -0.2) is 16.9 Å². The summed E-state index contributed by atoms with van der Waals surface area (Å²) in [5.41, 5.74) is 9.38. The molecule has 142 valence electrons. The average Bonchev–Trinajstić information content (AvgIpc) is 2.97. The molecule has 3 N–H and O–H groups in total. The molecule has 1 saturated carbocycles. The lowest BCUT2D eigenvalue weighted by atomic mass is 9.85. The van der Waals surface area contributed by atoms with Crippen LogP contribution in [0, 0.1) is 19.8 Å². The molecule has 1 heterocycles. The number of amides is 1. The van der Waals surface area contributed by atoms with Crippen LogP contribution in [0.15, 0.2) is 24.3 Å². The van der Waals surface area contributed by atoms with E-state index in [1.807, 2.05) is 13.8 Å². The first-order chi connectivity index (χ1) is 11.9. The van der Waals surface area contributed by atoms with E-state index in [9.17, 15) is 4.79 Å². The molecule has 4 nitrogen and oxygen atoms in total.